The molecule has 8 heteroatoms. The third kappa shape index (κ3) is 4.64. The number of fused-ring (bicyclic) bond motifs is 1. The molecular weight excluding hydrogens is 424 g/mol. The molecule has 30 heavy (non-hydrogen) atoms. The molecule has 2 aromatic carbocycles. The average molecular weight is 447 g/mol. The first-order valence-corrected chi connectivity index (χ1v) is 11.0. The lowest BCUT2D eigenvalue weighted by atomic mass is 10.1. The zero-order valence-corrected chi connectivity index (χ0v) is 18.8. The van der Waals surface area contributed by atoms with E-state index in [2.05, 4.69) is 10.1 Å². The summed E-state index contributed by atoms with van der Waals surface area (Å²) in [5.41, 5.74) is 3.30. The number of hydrogen-bond donors (Lipinski definition) is 1. The zero-order chi connectivity index (χ0) is 22.0. The van der Waals surface area contributed by atoms with Crippen molar-refractivity contribution in [3.63, 3.8) is 0 Å². The predicted molar refractivity (Wildman–Crippen MR) is 118 cm³/mol. The summed E-state index contributed by atoms with van der Waals surface area (Å²) in [7, 11) is 3.10. The molecule has 1 unspecified atom stereocenters. The van der Waals surface area contributed by atoms with Crippen LogP contribution in [0, 0.1) is 6.92 Å². The number of benzene rings is 2. The maximum Gasteiger partial charge on any atom is 0.356 e. The Balaban J connectivity index is 1.74. The van der Waals surface area contributed by atoms with Gasteiger partial charge in [-0.15, -0.1) is 0 Å². The van der Waals surface area contributed by atoms with Crippen LogP contribution in [0.15, 0.2) is 47.4 Å². The number of rotatable bonds is 6. The van der Waals surface area contributed by atoms with Gasteiger partial charge in [0.25, 0.3) is 5.91 Å². The van der Waals surface area contributed by atoms with E-state index in [1.165, 1.54) is 7.11 Å². The number of nitrogens with one attached hydrogen (secondary N) is 1. The molecule has 0 spiro atoms. The number of methoxy groups -OCH3 is 1. The summed E-state index contributed by atoms with van der Waals surface area (Å²) < 4.78 is 18.5. The van der Waals surface area contributed by atoms with Gasteiger partial charge < -0.3 is 19.2 Å². The summed E-state index contributed by atoms with van der Waals surface area (Å²) in [6, 6.07) is 12.4. The highest BCUT2D eigenvalue weighted by Crippen LogP contribution is 2.28. The van der Waals surface area contributed by atoms with Gasteiger partial charge in [-0.2, -0.15) is 0 Å². The second-order valence-corrected chi connectivity index (χ2v) is 8.96. The SMILES string of the molecule is COC(=O)C[S@+]([O-])c1ccc(C(C)NC(=O)c2cc3c(Cl)cc(C)cc3n2C)cc1. The fourth-order valence-electron chi connectivity index (χ4n) is 3.25. The van der Waals surface area contributed by atoms with E-state index in [1.807, 2.05) is 37.6 Å². The van der Waals surface area contributed by atoms with Crippen LogP contribution in [0.2, 0.25) is 5.02 Å². The molecule has 6 nitrogen and oxygen atoms in total. The van der Waals surface area contributed by atoms with Gasteiger partial charge in [-0.25, -0.2) is 4.79 Å². The molecular formula is C22H23ClN2O4S. The third-order valence-corrected chi connectivity index (χ3v) is 6.56. The van der Waals surface area contributed by atoms with Gasteiger partial charge in [0.15, 0.2) is 4.90 Å². The van der Waals surface area contributed by atoms with Gasteiger partial charge >= 0.3 is 5.97 Å². The Bertz CT molecular complexity index is 1090. The van der Waals surface area contributed by atoms with Crippen LogP contribution in [0.25, 0.3) is 10.9 Å². The average Bonchev–Trinajstić information content (AvgIpc) is 3.05. The maximum atomic E-state index is 12.9. The number of amides is 1. The van der Waals surface area contributed by atoms with Crippen molar-refractivity contribution in [1.29, 1.82) is 0 Å². The first-order valence-electron chi connectivity index (χ1n) is 9.33. The Kier molecular flexibility index (Phi) is 6.75. The van der Waals surface area contributed by atoms with E-state index in [-0.39, 0.29) is 17.7 Å². The van der Waals surface area contributed by atoms with E-state index >= 15 is 0 Å². The van der Waals surface area contributed by atoms with Gasteiger partial charge in [-0.05, 0) is 66.5 Å². The van der Waals surface area contributed by atoms with Gasteiger partial charge in [0, 0.05) is 12.4 Å². The largest absolute Gasteiger partial charge is 0.611 e. The number of esters is 1. The lowest BCUT2D eigenvalue weighted by molar-refractivity contribution is -0.137. The standard InChI is InChI=1S/C22H23ClN2O4S/c1-13-9-18(23)17-11-20(25(3)19(17)10-13)22(27)24-14(2)15-5-7-16(8-6-15)30(28)12-21(26)29-4/h5-11,14H,12H2,1-4H3,(H,24,27)/t14?,30-/m0/s1. The van der Waals surface area contributed by atoms with Crippen LogP contribution < -0.4 is 5.32 Å². The van der Waals surface area contributed by atoms with Crippen molar-refractivity contribution in [1.82, 2.24) is 9.88 Å². The van der Waals surface area contributed by atoms with Gasteiger partial charge in [-0.3, -0.25) is 4.79 Å². The van der Waals surface area contributed by atoms with Crippen molar-refractivity contribution in [3.8, 4) is 0 Å². The Morgan fingerprint density at radius 3 is 2.53 bits per heavy atom. The summed E-state index contributed by atoms with van der Waals surface area (Å²) in [5, 5.41) is 4.43. The summed E-state index contributed by atoms with van der Waals surface area (Å²) in [6.07, 6.45) is 0. The summed E-state index contributed by atoms with van der Waals surface area (Å²) >= 11 is 4.87. The van der Waals surface area contributed by atoms with Crippen molar-refractivity contribution in [2.24, 2.45) is 7.05 Å². The van der Waals surface area contributed by atoms with Gasteiger partial charge in [0.05, 0.1) is 23.7 Å². The molecule has 1 aromatic heterocycles. The topological polar surface area (TPSA) is 83.4 Å². The highest BCUT2D eigenvalue weighted by Gasteiger charge is 2.20. The second-order valence-electron chi connectivity index (χ2n) is 7.10. The first-order chi connectivity index (χ1) is 14.2. The Labute approximate surface area is 183 Å². The first kappa shape index (κ1) is 22.2. The van der Waals surface area contributed by atoms with Crippen molar-refractivity contribution in [2.45, 2.75) is 24.8 Å². The Morgan fingerprint density at radius 1 is 1.23 bits per heavy atom. The molecule has 0 aliphatic carbocycles. The molecule has 3 aromatic rings. The lowest BCUT2D eigenvalue weighted by Gasteiger charge is -2.16. The molecule has 2 atom stereocenters. The maximum absolute atomic E-state index is 12.9. The summed E-state index contributed by atoms with van der Waals surface area (Å²) in [5.74, 6) is -0.929. The van der Waals surface area contributed by atoms with Gasteiger partial charge in [0.2, 0.25) is 5.75 Å². The Morgan fingerprint density at radius 2 is 1.90 bits per heavy atom. The number of carbonyl (C=O) groups is 2. The fraction of sp³-hybridized carbons (Fsp3) is 0.273. The monoisotopic (exact) mass is 446 g/mol. The molecule has 0 radical (unpaired) electrons. The van der Waals surface area contributed by atoms with Crippen LogP contribution in [0.5, 0.6) is 0 Å². The van der Waals surface area contributed by atoms with Crippen molar-refractivity contribution in [2.75, 3.05) is 12.9 Å². The van der Waals surface area contributed by atoms with Crippen LogP contribution in [-0.4, -0.2) is 33.9 Å². The minimum Gasteiger partial charge on any atom is -0.611 e. The van der Waals surface area contributed by atoms with E-state index in [9.17, 15) is 14.1 Å². The fourth-order valence-corrected chi connectivity index (χ4v) is 4.51. The van der Waals surface area contributed by atoms with E-state index in [4.69, 9.17) is 11.6 Å². The normalized spacial score (nSPS) is 13.1. The number of aromatic nitrogens is 1. The third-order valence-electron chi connectivity index (χ3n) is 4.96. The predicted octanol–water partition coefficient (Wildman–Crippen LogP) is 3.91. The van der Waals surface area contributed by atoms with E-state index < -0.39 is 17.1 Å². The molecule has 1 amide bonds. The van der Waals surface area contributed by atoms with Crippen LogP contribution in [0.3, 0.4) is 0 Å². The highest BCUT2D eigenvalue weighted by molar-refractivity contribution is 7.92. The van der Waals surface area contributed by atoms with Crippen molar-refractivity contribution >= 4 is 45.6 Å². The molecule has 0 aliphatic heterocycles. The quantitative estimate of drug-likeness (QED) is 0.459. The number of ether oxygens (including phenoxy) is 1. The van der Waals surface area contributed by atoms with Gasteiger partial charge in [0.1, 0.15) is 5.69 Å². The van der Waals surface area contributed by atoms with Crippen LogP contribution in [-0.2, 0) is 27.8 Å². The number of aryl methyl sites for hydroxylation is 2. The van der Waals surface area contributed by atoms with Crippen molar-refractivity contribution in [3.05, 3.63) is 64.3 Å². The molecule has 0 saturated carbocycles. The number of halogens is 1. The molecule has 0 bridgehead atoms. The number of nitrogens with zero attached hydrogens (tertiary/aromatic N) is 1. The van der Waals surface area contributed by atoms with E-state index in [1.54, 1.807) is 30.3 Å². The summed E-state index contributed by atoms with van der Waals surface area (Å²) in [4.78, 5) is 24.7. The van der Waals surface area contributed by atoms with Crippen LogP contribution >= 0.6 is 11.6 Å². The Hall–Kier alpha value is -2.48. The van der Waals surface area contributed by atoms with Crippen LogP contribution in [0.1, 0.15) is 34.6 Å². The second kappa shape index (κ2) is 9.12. The smallest absolute Gasteiger partial charge is 0.356 e. The summed E-state index contributed by atoms with van der Waals surface area (Å²) in [6.45, 7) is 3.83. The highest BCUT2D eigenvalue weighted by atomic mass is 35.5. The molecule has 0 saturated heterocycles. The van der Waals surface area contributed by atoms with E-state index in [0.717, 1.165) is 22.0 Å². The molecule has 1 heterocycles. The number of carbonyl (C=O) groups excluding carboxylic acids is 2. The molecule has 158 valence electrons. The van der Waals surface area contributed by atoms with Crippen molar-refractivity contribution < 1.29 is 18.9 Å². The molecule has 0 aliphatic rings. The van der Waals surface area contributed by atoms with E-state index in [0.29, 0.717) is 15.6 Å². The lowest BCUT2D eigenvalue weighted by Crippen LogP contribution is -2.28. The molecule has 3 rings (SSSR count). The van der Waals surface area contributed by atoms with Crippen LogP contribution in [0.4, 0.5) is 0 Å². The zero-order valence-electron chi connectivity index (χ0n) is 17.2. The molecule has 0 fully saturated rings. The minimum atomic E-state index is -1.47. The number of hydrogen-bond acceptors (Lipinski definition) is 4. The van der Waals surface area contributed by atoms with Gasteiger partial charge in [-0.1, -0.05) is 23.7 Å². The minimum absolute atomic E-state index is 0.189. The molecule has 1 N–H and O–H groups in total.